The third kappa shape index (κ3) is 6.67. The summed E-state index contributed by atoms with van der Waals surface area (Å²) in [4.78, 5) is 0. The molecule has 1 aromatic carbocycles. The molecule has 0 aliphatic heterocycles. The maximum atomic E-state index is 9.85. The van der Waals surface area contributed by atoms with Crippen molar-refractivity contribution in [2.45, 2.75) is 52.1 Å². The fraction of sp³-hybridized carbons (Fsp3) is 0.647. The van der Waals surface area contributed by atoms with Crippen LogP contribution in [0.3, 0.4) is 0 Å². The molecule has 0 aromatic heterocycles. The molecule has 0 unspecified atom stereocenters. The van der Waals surface area contributed by atoms with Crippen molar-refractivity contribution in [2.75, 3.05) is 18.1 Å². The van der Waals surface area contributed by atoms with Gasteiger partial charge in [0.15, 0.2) is 0 Å². The Morgan fingerprint density at radius 1 is 1.20 bits per heavy atom. The summed E-state index contributed by atoms with van der Waals surface area (Å²) in [5, 5.41) is 9.85. The third-order valence-corrected chi connectivity index (χ3v) is 4.31. The molecule has 0 amide bonds. The van der Waals surface area contributed by atoms with E-state index in [0.717, 1.165) is 17.3 Å². The fourth-order valence-corrected chi connectivity index (χ4v) is 2.79. The standard InChI is InChI=1S/C17H28O2S/c1-5-6-11-20-13-15(18)12-19-16-9-7-14(8-10-16)17(2,3)4/h7-10,15,18H,5-6,11-13H2,1-4H3/t15-/m1/s1. The molecule has 0 radical (unpaired) electrons. The summed E-state index contributed by atoms with van der Waals surface area (Å²) >= 11 is 1.80. The minimum atomic E-state index is -0.390. The van der Waals surface area contributed by atoms with Gasteiger partial charge >= 0.3 is 0 Å². The minimum Gasteiger partial charge on any atom is -0.491 e. The van der Waals surface area contributed by atoms with Crippen LogP contribution >= 0.6 is 11.8 Å². The summed E-state index contributed by atoms with van der Waals surface area (Å²) in [6.45, 7) is 9.13. The van der Waals surface area contributed by atoms with E-state index in [-0.39, 0.29) is 11.5 Å². The highest BCUT2D eigenvalue weighted by Crippen LogP contribution is 2.24. The number of unbranched alkanes of at least 4 members (excludes halogenated alkanes) is 1. The maximum absolute atomic E-state index is 9.85. The highest BCUT2D eigenvalue weighted by Gasteiger charge is 2.13. The van der Waals surface area contributed by atoms with Crippen LogP contribution in [0.5, 0.6) is 5.75 Å². The first-order valence-corrected chi connectivity index (χ1v) is 8.58. The van der Waals surface area contributed by atoms with Gasteiger partial charge in [0.25, 0.3) is 0 Å². The van der Waals surface area contributed by atoms with Crippen molar-refractivity contribution in [3.05, 3.63) is 29.8 Å². The van der Waals surface area contributed by atoms with Crippen molar-refractivity contribution in [3.63, 3.8) is 0 Å². The van der Waals surface area contributed by atoms with E-state index in [1.165, 1.54) is 18.4 Å². The molecule has 0 spiro atoms. The molecule has 0 bridgehead atoms. The second-order valence-corrected chi connectivity index (χ2v) is 7.32. The molecule has 2 nitrogen and oxygen atoms in total. The topological polar surface area (TPSA) is 29.5 Å². The van der Waals surface area contributed by atoms with Crippen LogP contribution in [-0.4, -0.2) is 29.3 Å². The molecule has 0 fully saturated rings. The van der Waals surface area contributed by atoms with E-state index >= 15 is 0 Å². The van der Waals surface area contributed by atoms with Crippen molar-refractivity contribution >= 4 is 11.8 Å². The predicted octanol–water partition coefficient (Wildman–Crippen LogP) is 4.26. The van der Waals surface area contributed by atoms with E-state index in [9.17, 15) is 5.11 Å². The third-order valence-electron chi connectivity index (χ3n) is 3.12. The molecule has 1 rings (SSSR count). The number of rotatable bonds is 8. The zero-order valence-corrected chi connectivity index (χ0v) is 14.0. The molecule has 0 saturated carbocycles. The van der Waals surface area contributed by atoms with Crippen molar-refractivity contribution in [3.8, 4) is 5.75 Å². The molecular formula is C17H28O2S. The van der Waals surface area contributed by atoms with Crippen LogP contribution in [0.4, 0.5) is 0 Å². The summed E-state index contributed by atoms with van der Waals surface area (Å²) < 4.78 is 5.63. The van der Waals surface area contributed by atoms with Gasteiger partial charge in [-0.05, 0) is 35.3 Å². The van der Waals surface area contributed by atoms with Gasteiger partial charge < -0.3 is 9.84 Å². The Balaban J connectivity index is 2.31. The molecular weight excluding hydrogens is 268 g/mol. The molecule has 0 saturated heterocycles. The molecule has 3 heteroatoms. The summed E-state index contributed by atoms with van der Waals surface area (Å²) in [6.07, 6.45) is 2.03. The van der Waals surface area contributed by atoms with Crippen molar-refractivity contribution in [2.24, 2.45) is 0 Å². The van der Waals surface area contributed by atoms with Crippen LogP contribution in [-0.2, 0) is 5.41 Å². The van der Waals surface area contributed by atoms with E-state index in [0.29, 0.717) is 6.61 Å². The van der Waals surface area contributed by atoms with Crippen molar-refractivity contribution in [1.29, 1.82) is 0 Å². The Labute approximate surface area is 127 Å². The summed E-state index contributed by atoms with van der Waals surface area (Å²) in [7, 11) is 0. The lowest BCUT2D eigenvalue weighted by atomic mass is 9.87. The first-order valence-electron chi connectivity index (χ1n) is 7.42. The number of hydrogen-bond donors (Lipinski definition) is 1. The number of hydrogen-bond acceptors (Lipinski definition) is 3. The smallest absolute Gasteiger partial charge is 0.119 e. The summed E-state index contributed by atoms with van der Waals surface area (Å²) in [5.41, 5.74) is 1.45. The maximum Gasteiger partial charge on any atom is 0.119 e. The molecule has 0 heterocycles. The molecule has 1 atom stereocenters. The van der Waals surface area contributed by atoms with Crippen molar-refractivity contribution in [1.82, 2.24) is 0 Å². The zero-order chi connectivity index (χ0) is 15.0. The number of benzene rings is 1. The first-order chi connectivity index (χ1) is 9.43. The summed E-state index contributed by atoms with van der Waals surface area (Å²) in [6, 6.07) is 8.16. The zero-order valence-electron chi connectivity index (χ0n) is 13.2. The lowest BCUT2D eigenvalue weighted by molar-refractivity contribution is 0.126. The number of thioether (sulfide) groups is 1. The molecule has 0 aliphatic carbocycles. The van der Waals surface area contributed by atoms with Gasteiger partial charge in [0.2, 0.25) is 0 Å². The Morgan fingerprint density at radius 3 is 2.40 bits per heavy atom. The first kappa shape index (κ1) is 17.4. The fourth-order valence-electron chi connectivity index (χ4n) is 1.76. The average Bonchev–Trinajstić information content (AvgIpc) is 2.41. The molecule has 1 aromatic rings. The number of aliphatic hydroxyl groups is 1. The molecule has 114 valence electrons. The van der Waals surface area contributed by atoms with Gasteiger partial charge in [-0.2, -0.15) is 11.8 Å². The van der Waals surface area contributed by atoms with Gasteiger partial charge in [-0.1, -0.05) is 46.2 Å². The van der Waals surface area contributed by atoms with Gasteiger partial charge in [-0.15, -0.1) is 0 Å². The normalized spacial score (nSPS) is 13.2. The Bertz CT molecular complexity index is 368. The van der Waals surface area contributed by atoms with E-state index < -0.39 is 0 Å². The van der Waals surface area contributed by atoms with Gasteiger partial charge in [0.1, 0.15) is 12.4 Å². The average molecular weight is 296 g/mol. The molecule has 1 N–H and O–H groups in total. The SMILES string of the molecule is CCCCSC[C@H](O)COc1ccc(C(C)(C)C)cc1. The van der Waals surface area contributed by atoms with Crippen LogP contribution < -0.4 is 4.74 Å². The van der Waals surface area contributed by atoms with E-state index in [2.05, 4.69) is 39.8 Å². The highest BCUT2D eigenvalue weighted by molar-refractivity contribution is 7.99. The lowest BCUT2D eigenvalue weighted by Crippen LogP contribution is -2.20. The van der Waals surface area contributed by atoms with Crippen LogP contribution in [0, 0.1) is 0 Å². The quantitative estimate of drug-likeness (QED) is 0.727. The molecule has 0 aliphatic rings. The van der Waals surface area contributed by atoms with Gasteiger partial charge in [0.05, 0.1) is 6.10 Å². The Morgan fingerprint density at radius 2 is 1.85 bits per heavy atom. The van der Waals surface area contributed by atoms with E-state index in [4.69, 9.17) is 4.74 Å². The predicted molar refractivity (Wildman–Crippen MR) is 88.9 cm³/mol. The monoisotopic (exact) mass is 296 g/mol. The van der Waals surface area contributed by atoms with Gasteiger partial charge in [-0.3, -0.25) is 0 Å². The largest absolute Gasteiger partial charge is 0.491 e. The second kappa shape index (κ2) is 8.58. The van der Waals surface area contributed by atoms with E-state index in [1.807, 2.05) is 12.1 Å². The van der Waals surface area contributed by atoms with E-state index in [1.54, 1.807) is 11.8 Å². The molecule has 20 heavy (non-hydrogen) atoms. The van der Waals surface area contributed by atoms with Crippen LogP contribution in [0.1, 0.15) is 46.1 Å². The second-order valence-electron chi connectivity index (χ2n) is 6.17. The number of aliphatic hydroxyl groups excluding tert-OH is 1. The van der Waals surface area contributed by atoms with Gasteiger partial charge in [0, 0.05) is 5.75 Å². The Hall–Kier alpha value is -0.670. The van der Waals surface area contributed by atoms with Crippen LogP contribution in [0.2, 0.25) is 0 Å². The highest BCUT2D eigenvalue weighted by atomic mass is 32.2. The van der Waals surface area contributed by atoms with Crippen LogP contribution in [0.25, 0.3) is 0 Å². The Kier molecular flexibility index (Phi) is 7.46. The van der Waals surface area contributed by atoms with Gasteiger partial charge in [-0.25, -0.2) is 0 Å². The van der Waals surface area contributed by atoms with Crippen molar-refractivity contribution < 1.29 is 9.84 Å². The van der Waals surface area contributed by atoms with Crippen LogP contribution in [0.15, 0.2) is 24.3 Å². The summed E-state index contributed by atoms with van der Waals surface area (Å²) in [5.74, 6) is 2.70. The minimum absolute atomic E-state index is 0.161. The number of ether oxygens (including phenoxy) is 1. The lowest BCUT2D eigenvalue weighted by Gasteiger charge is -2.19.